The van der Waals surface area contributed by atoms with Crippen LogP contribution in [0.1, 0.15) is 26.3 Å². The van der Waals surface area contributed by atoms with Gasteiger partial charge in [-0.2, -0.15) is 0 Å². The third-order valence-electron chi connectivity index (χ3n) is 3.75. The lowest BCUT2D eigenvalue weighted by atomic mass is 9.77. The summed E-state index contributed by atoms with van der Waals surface area (Å²) in [5.74, 6) is -1.10. The molecule has 19 heavy (non-hydrogen) atoms. The molecule has 3 nitrogen and oxygen atoms in total. The van der Waals surface area contributed by atoms with Crippen LogP contribution in [-0.2, 0) is 18.3 Å². The fraction of sp³-hybridized carbons (Fsp3) is 0.438. The van der Waals surface area contributed by atoms with E-state index in [4.69, 9.17) is 0 Å². The van der Waals surface area contributed by atoms with Gasteiger partial charge in [-0.15, -0.1) is 0 Å². The van der Waals surface area contributed by atoms with Gasteiger partial charge in [0, 0.05) is 24.1 Å². The Hall–Kier alpha value is -1.77. The van der Waals surface area contributed by atoms with E-state index in [0.29, 0.717) is 6.42 Å². The summed E-state index contributed by atoms with van der Waals surface area (Å²) in [5.41, 5.74) is 2.01. The van der Waals surface area contributed by atoms with Gasteiger partial charge in [0.05, 0.1) is 5.92 Å². The maximum Gasteiger partial charge on any atom is 0.307 e. The van der Waals surface area contributed by atoms with Crippen LogP contribution in [0.3, 0.4) is 0 Å². The molecule has 0 aliphatic carbocycles. The second-order valence-electron chi connectivity index (χ2n) is 6.24. The molecule has 0 aliphatic rings. The van der Waals surface area contributed by atoms with Crippen molar-refractivity contribution in [3.05, 3.63) is 36.0 Å². The number of aromatic nitrogens is 1. The van der Waals surface area contributed by atoms with Crippen LogP contribution in [0.4, 0.5) is 0 Å². The van der Waals surface area contributed by atoms with Gasteiger partial charge in [-0.25, -0.2) is 0 Å². The number of carboxylic acids is 1. The quantitative estimate of drug-likeness (QED) is 0.917. The Balaban J connectivity index is 2.43. The number of para-hydroxylation sites is 1. The molecule has 0 saturated carbocycles. The summed E-state index contributed by atoms with van der Waals surface area (Å²) in [5, 5.41) is 10.6. The number of hydrogen-bond acceptors (Lipinski definition) is 1. The number of rotatable bonds is 3. The Bertz CT molecular complexity index is 605. The van der Waals surface area contributed by atoms with Crippen LogP contribution in [0.25, 0.3) is 10.9 Å². The molecule has 1 atom stereocenters. The van der Waals surface area contributed by atoms with E-state index in [2.05, 4.69) is 16.7 Å². The number of fused-ring (bicyclic) bond motifs is 1. The molecule has 1 N–H and O–H groups in total. The van der Waals surface area contributed by atoms with E-state index in [1.165, 1.54) is 0 Å². The number of carbonyl (C=O) groups is 1. The smallest absolute Gasteiger partial charge is 0.307 e. The molecule has 0 bridgehead atoms. The second-order valence-corrected chi connectivity index (χ2v) is 6.24. The number of benzene rings is 1. The summed E-state index contributed by atoms with van der Waals surface area (Å²) in [4.78, 5) is 11.5. The summed E-state index contributed by atoms with van der Waals surface area (Å²) in [6, 6.07) is 8.13. The normalized spacial score (nSPS) is 13.7. The van der Waals surface area contributed by atoms with Gasteiger partial charge in [-0.1, -0.05) is 39.0 Å². The van der Waals surface area contributed by atoms with E-state index >= 15 is 0 Å². The highest BCUT2D eigenvalue weighted by Crippen LogP contribution is 2.32. The largest absolute Gasteiger partial charge is 0.481 e. The van der Waals surface area contributed by atoms with Crippen molar-refractivity contribution in [2.45, 2.75) is 27.2 Å². The van der Waals surface area contributed by atoms with Crippen molar-refractivity contribution in [3.8, 4) is 0 Å². The topological polar surface area (TPSA) is 42.2 Å². The summed E-state index contributed by atoms with van der Waals surface area (Å²) < 4.78 is 2.06. The molecule has 1 aromatic heterocycles. The number of hydrogen-bond donors (Lipinski definition) is 1. The Morgan fingerprint density at radius 3 is 2.53 bits per heavy atom. The third-order valence-corrected chi connectivity index (χ3v) is 3.75. The minimum atomic E-state index is -0.722. The van der Waals surface area contributed by atoms with Gasteiger partial charge in [0.1, 0.15) is 0 Å². The first-order valence-electron chi connectivity index (χ1n) is 6.56. The Morgan fingerprint density at radius 1 is 1.32 bits per heavy atom. The molecule has 102 valence electrons. The highest BCUT2D eigenvalue weighted by Gasteiger charge is 2.31. The molecule has 0 spiro atoms. The first-order chi connectivity index (χ1) is 8.80. The Morgan fingerprint density at radius 2 is 1.95 bits per heavy atom. The predicted octanol–water partition coefficient (Wildman–Crippen LogP) is 3.47. The molecule has 0 radical (unpaired) electrons. The zero-order chi connectivity index (χ0) is 14.2. The monoisotopic (exact) mass is 259 g/mol. The van der Waals surface area contributed by atoms with Crippen LogP contribution in [0.15, 0.2) is 30.5 Å². The van der Waals surface area contributed by atoms with Gasteiger partial charge in [0.2, 0.25) is 0 Å². The highest BCUT2D eigenvalue weighted by atomic mass is 16.4. The molecule has 1 aromatic carbocycles. The number of nitrogens with zero attached hydrogens (tertiary/aromatic N) is 1. The van der Waals surface area contributed by atoms with E-state index in [9.17, 15) is 9.90 Å². The van der Waals surface area contributed by atoms with Crippen molar-refractivity contribution in [2.75, 3.05) is 0 Å². The lowest BCUT2D eigenvalue weighted by Crippen LogP contribution is -2.30. The molecule has 0 fully saturated rings. The molecular formula is C16H21NO2. The van der Waals surface area contributed by atoms with Gasteiger partial charge in [0.25, 0.3) is 0 Å². The maximum absolute atomic E-state index is 11.5. The van der Waals surface area contributed by atoms with Crippen LogP contribution < -0.4 is 0 Å². The van der Waals surface area contributed by atoms with E-state index in [1.807, 2.05) is 46.1 Å². The first kappa shape index (κ1) is 13.7. The van der Waals surface area contributed by atoms with E-state index < -0.39 is 5.97 Å². The van der Waals surface area contributed by atoms with Crippen molar-refractivity contribution >= 4 is 16.9 Å². The number of carboxylic acid groups (broad SMARTS) is 1. The average molecular weight is 259 g/mol. The highest BCUT2D eigenvalue weighted by molar-refractivity contribution is 5.84. The minimum absolute atomic E-state index is 0.247. The lowest BCUT2D eigenvalue weighted by Gasteiger charge is -2.26. The number of aliphatic carboxylic acids is 1. The molecule has 0 aliphatic heterocycles. The van der Waals surface area contributed by atoms with Gasteiger partial charge in [-0.3, -0.25) is 4.79 Å². The molecule has 1 unspecified atom stereocenters. The SMILES string of the molecule is Cn1cc(CC(C(=O)O)C(C)(C)C)c2ccccc21. The fourth-order valence-electron chi connectivity index (χ4n) is 2.57. The van der Waals surface area contributed by atoms with Crippen LogP contribution in [0.2, 0.25) is 0 Å². The van der Waals surface area contributed by atoms with Crippen LogP contribution >= 0.6 is 0 Å². The second kappa shape index (κ2) is 4.72. The zero-order valence-electron chi connectivity index (χ0n) is 12.0. The molecule has 2 aromatic rings. The third kappa shape index (κ3) is 2.65. The summed E-state index contributed by atoms with van der Waals surface area (Å²) in [6.45, 7) is 5.95. The molecule has 0 amide bonds. The van der Waals surface area contributed by atoms with Gasteiger partial charge < -0.3 is 9.67 Å². The van der Waals surface area contributed by atoms with E-state index in [-0.39, 0.29) is 11.3 Å². The van der Waals surface area contributed by atoms with Crippen LogP contribution in [0.5, 0.6) is 0 Å². The molecule has 0 saturated heterocycles. The summed E-state index contributed by atoms with van der Waals surface area (Å²) in [7, 11) is 2.00. The predicted molar refractivity (Wildman–Crippen MR) is 77.2 cm³/mol. The van der Waals surface area contributed by atoms with Crippen molar-refractivity contribution in [1.82, 2.24) is 4.57 Å². The van der Waals surface area contributed by atoms with E-state index in [1.54, 1.807) is 0 Å². The summed E-state index contributed by atoms with van der Waals surface area (Å²) >= 11 is 0. The Labute approximate surface area is 113 Å². The Kier molecular flexibility index (Phi) is 3.40. The fourth-order valence-corrected chi connectivity index (χ4v) is 2.57. The molecule has 3 heteroatoms. The van der Waals surface area contributed by atoms with Gasteiger partial charge >= 0.3 is 5.97 Å². The minimum Gasteiger partial charge on any atom is -0.481 e. The number of aryl methyl sites for hydroxylation is 1. The van der Waals surface area contributed by atoms with Crippen LogP contribution in [-0.4, -0.2) is 15.6 Å². The van der Waals surface area contributed by atoms with Gasteiger partial charge in [0.15, 0.2) is 0 Å². The standard InChI is InChI=1S/C16H21NO2/c1-16(2,3)13(15(18)19)9-11-10-17(4)14-8-6-5-7-12(11)14/h5-8,10,13H,9H2,1-4H3,(H,18,19). The maximum atomic E-state index is 11.5. The first-order valence-corrected chi connectivity index (χ1v) is 6.56. The molecule has 1 heterocycles. The average Bonchev–Trinajstić information content (AvgIpc) is 2.62. The molecular weight excluding hydrogens is 238 g/mol. The van der Waals surface area contributed by atoms with Crippen molar-refractivity contribution < 1.29 is 9.90 Å². The van der Waals surface area contributed by atoms with E-state index in [0.717, 1.165) is 16.5 Å². The van der Waals surface area contributed by atoms with Crippen molar-refractivity contribution in [1.29, 1.82) is 0 Å². The lowest BCUT2D eigenvalue weighted by molar-refractivity contribution is -0.145. The zero-order valence-corrected chi connectivity index (χ0v) is 12.0. The van der Waals surface area contributed by atoms with Gasteiger partial charge in [-0.05, 0) is 23.5 Å². The van der Waals surface area contributed by atoms with Crippen molar-refractivity contribution in [3.63, 3.8) is 0 Å². The van der Waals surface area contributed by atoms with Crippen molar-refractivity contribution in [2.24, 2.45) is 18.4 Å². The molecule has 2 rings (SSSR count). The summed E-state index contributed by atoms with van der Waals surface area (Å²) in [6.07, 6.45) is 2.62. The van der Waals surface area contributed by atoms with Crippen LogP contribution in [0, 0.1) is 11.3 Å².